The van der Waals surface area contributed by atoms with Crippen molar-refractivity contribution in [1.29, 1.82) is 0 Å². The van der Waals surface area contributed by atoms with Crippen LogP contribution in [-0.4, -0.2) is 17.9 Å². The molecule has 0 aromatic heterocycles. The third-order valence-electron chi connectivity index (χ3n) is 1.85. The third kappa shape index (κ3) is 5.01. The van der Waals surface area contributed by atoms with E-state index in [2.05, 4.69) is 15.6 Å². The van der Waals surface area contributed by atoms with Gasteiger partial charge in [0.15, 0.2) is 5.96 Å². The highest BCUT2D eigenvalue weighted by molar-refractivity contribution is 5.94. The summed E-state index contributed by atoms with van der Waals surface area (Å²) >= 11 is 0. The molecule has 1 amide bonds. The van der Waals surface area contributed by atoms with Gasteiger partial charge in [-0.25, -0.2) is 0 Å². The number of carbonyl (C=O) groups is 1. The number of hydrogen-bond acceptors (Lipinski definition) is 2. The number of hydrogen-bond donors (Lipinski definition) is 3. The minimum absolute atomic E-state index is 0.106. The number of anilines is 2. The predicted octanol–water partition coefficient (Wildman–Crippen LogP) is 1.78. The largest absolute Gasteiger partial charge is 0.370 e. The van der Waals surface area contributed by atoms with Gasteiger partial charge in [-0.2, -0.15) is 0 Å². The Bertz CT molecular complexity index is 426. The van der Waals surface area contributed by atoms with Crippen molar-refractivity contribution in [2.45, 2.75) is 26.8 Å². The van der Waals surface area contributed by atoms with Gasteiger partial charge < -0.3 is 16.4 Å². The summed E-state index contributed by atoms with van der Waals surface area (Å²) in [6.45, 7) is 5.36. The number of aliphatic imine (C=N–C) groups is 1. The fourth-order valence-electron chi connectivity index (χ4n) is 1.34. The Labute approximate surface area is 101 Å². The van der Waals surface area contributed by atoms with Crippen molar-refractivity contribution in [2.75, 3.05) is 10.6 Å². The van der Waals surface area contributed by atoms with E-state index in [0.717, 1.165) is 11.4 Å². The normalized spacial score (nSPS) is 11.4. The number of nitrogens with zero attached hydrogens (tertiary/aromatic N) is 1. The monoisotopic (exact) mass is 234 g/mol. The molecule has 4 N–H and O–H groups in total. The number of carbonyl (C=O) groups excluding carboxylic acids is 1. The van der Waals surface area contributed by atoms with Gasteiger partial charge >= 0.3 is 0 Å². The molecule has 0 spiro atoms. The van der Waals surface area contributed by atoms with Gasteiger partial charge in [0.2, 0.25) is 5.91 Å². The lowest BCUT2D eigenvalue weighted by Gasteiger charge is -2.09. The van der Waals surface area contributed by atoms with E-state index in [1.165, 1.54) is 6.92 Å². The maximum absolute atomic E-state index is 10.9. The molecule has 1 rings (SSSR count). The summed E-state index contributed by atoms with van der Waals surface area (Å²) in [5.74, 6) is 0.256. The fraction of sp³-hybridized carbons (Fsp3) is 0.333. The summed E-state index contributed by atoms with van der Waals surface area (Å²) < 4.78 is 0. The fourth-order valence-corrected chi connectivity index (χ4v) is 1.34. The second kappa shape index (κ2) is 5.89. The van der Waals surface area contributed by atoms with Crippen LogP contribution in [0.25, 0.3) is 0 Å². The summed E-state index contributed by atoms with van der Waals surface area (Å²) in [5.41, 5.74) is 7.22. The number of nitrogens with one attached hydrogen (secondary N) is 2. The first-order chi connectivity index (χ1) is 7.97. The molecule has 17 heavy (non-hydrogen) atoms. The Morgan fingerprint density at radius 3 is 2.41 bits per heavy atom. The van der Waals surface area contributed by atoms with Gasteiger partial charge in [-0.1, -0.05) is 6.07 Å². The van der Waals surface area contributed by atoms with Crippen molar-refractivity contribution >= 4 is 23.2 Å². The first kappa shape index (κ1) is 13.0. The molecule has 0 bridgehead atoms. The van der Waals surface area contributed by atoms with E-state index in [-0.39, 0.29) is 11.9 Å². The van der Waals surface area contributed by atoms with Crippen molar-refractivity contribution in [2.24, 2.45) is 10.7 Å². The molecule has 0 aliphatic heterocycles. The summed E-state index contributed by atoms with van der Waals surface area (Å²) in [5, 5.41) is 5.66. The van der Waals surface area contributed by atoms with Crippen molar-refractivity contribution in [3.8, 4) is 0 Å². The van der Waals surface area contributed by atoms with Crippen molar-refractivity contribution in [3.63, 3.8) is 0 Å². The van der Waals surface area contributed by atoms with Crippen LogP contribution in [0.2, 0.25) is 0 Å². The van der Waals surface area contributed by atoms with Gasteiger partial charge in [0.1, 0.15) is 0 Å². The molecule has 1 aromatic carbocycles. The van der Waals surface area contributed by atoms with Crippen LogP contribution in [0.1, 0.15) is 20.8 Å². The summed E-state index contributed by atoms with van der Waals surface area (Å²) in [7, 11) is 0. The Kier molecular flexibility index (Phi) is 4.51. The molecular weight excluding hydrogens is 216 g/mol. The van der Waals surface area contributed by atoms with Crippen LogP contribution in [-0.2, 0) is 4.79 Å². The zero-order valence-corrected chi connectivity index (χ0v) is 10.3. The van der Waals surface area contributed by atoms with E-state index in [1.807, 2.05) is 32.0 Å². The van der Waals surface area contributed by atoms with Crippen LogP contribution >= 0.6 is 0 Å². The molecule has 1 aromatic rings. The van der Waals surface area contributed by atoms with Gasteiger partial charge in [0, 0.05) is 24.3 Å². The predicted molar refractivity (Wildman–Crippen MR) is 71.1 cm³/mol. The number of rotatable bonds is 3. The van der Waals surface area contributed by atoms with E-state index >= 15 is 0 Å². The van der Waals surface area contributed by atoms with E-state index in [9.17, 15) is 4.79 Å². The quantitative estimate of drug-likeness (QED) is 0.551. The lowest BCUT2D eigenvalue weighted by atomic mass is 10.2. The highest BCUT2D eigenvalue weighted by atomic mass is 16.1. The van der Waals surface area contributed by atoms with Crippen molar-refractivity contribution < 1.29 is 4.79 Å². The average Bonchev–Trinajstić information content (AvgIpc) is 2.14. The van der Waals surface area contributed by atoms with E-state index in [0.29, 0.717) is 5.96 Å². The molecule has 92 valence electrons. The summed E-state index contributed by atoms with van der Waals surface area (Å²) in [6, 6.07) is 7.43. The van der Waals surface area contributed by atoms with E-state index in [1.54, 1.807) is 6.07 Å². The topological polar surface area (TPSA) is 79.5 Å². The van der Waals surface area contributed by atoms with Gasteiger partial charge in [0.05, 0.1) is 0 Å². The second-order valence-electron chi connectivity index (χ2n) is 4.00. The molecule has 0 radical (unpaired) electrons. The average molecular weight is 234 g/mol. The number of guanidine groups is 1. The molecule has 0 heterocycles. The van der Waals surface area contributed by atoms with Crippen LogP contribution in [0, 0.1) is 0 Å². The molecule has 0 aliphatic rings. The highest BCUT2D eigenvalue weighted by Gasteiger charge is 1.99. The maximum atomic E-state index is 10.9. The molecule has 0 saturated carbocycles. The van der Waals surface area contributed by atoms with Crippen LogP contribution in [0.3, 0.4) is 0 Å². The molecule has 0 atom stereocenters. The number of benzene rings is 1. The molecular formula is C12H18N4O. The molecule has 0 aliphatic carbocycles. The van der Waals surface area contributed by atoms with Crippen molar-refractivity contribution in [1.82, 2.24) is 0 Å². The first-order valence-electron chi connectivity index (χ1n) is 5.45. The highest BCUT2D eigenvalue weighted by Crippen LogP contribution is 2.14. The van der Waals surface area contributed by atoms with Crippen LogP contribution < -0.4 is 16.4 Å². The summed E-state index contributed by atoms with van der Waals surface area (Å²) in [4.78, 5) is 15.1. The zero-order chi connectivity index (χ0) is 12.8. The third-order valence-corrected chi connectivity index (χ3v) is 1.85. The van der Waals surface area contributed by atoms with E-state index in [4.69, 9.17) is 5.73 Å². The van der Waals surface area contributed by atoms with Gasteiger partial charge in [-0.15, -0.1) is 0 Å². The number of amides is 1. The number of nitrogens with two attached hydrogens (primary N) is 1. The Morgan fingerprint density at radius 2 is 1.88 bits per heavy atom. The maximum Gasteiger partial charge on any atom is 0.221 e. The van der Waals surface area contributed by atoms with E-state index < -0.39 is 0 Å². The van der Waals surface area contributed by atoms with Crippen molar-refractivity contribution in [3.05, 3.63) is 24.3 Å². The zero-order valence-electron chi connectivity index (χ0n) is 10.3. The standard InChI is InChI=1S/C12H18N4O/c1-8(2)14-12(13)16-11-6-4-5-10(7-11)15-9(3)17/h4-8H,1-3H3,(H,15,17)(H3,13,14,16). The second-order valence-corrected chi connectivity index (χ2v) is 4.00. The summed E-state index contributed by atoms with van der Waals surface area (Å²) in [6.07, 6.45) is 0. The van der Waals surface area contributed by atoms with Crippen LogP contribution in [0.5, 0.6) is 0 Å². The van der Waals surface area contributed by atoms with Crippen LogP contribution in [0.4, 0.5) is 11.4 Å². The minimum atomic E-state index is -0.106. The molecule has 5 nitrogen and oxygen atoms in total. The lowest BCUT2D eigenvalue weighted by molar-refractivity contribution is -0.114. The lowest BCUT2D eigenvalue weighted by Crippen LogP contribution is -2.24. The minimum Gasteiger partial charge on any atom is -0.370 e. The smallest absolute Gasteiger partial charge is 0.221 e. The van der Waals surface area contributed by atoms with Crippen LogP contribution in [0.15, 0.2) is 29.3 Å². The molecule has 0 saturated heterocycles. The molecule has 0 fully saturated rings. The van der Waals surface area contributed by atoms with Gasteiger partial charge in [0.25, 0.3) is 0 Å². The Balaban J connectivity index is 2.75. The molecule has 0 unspecified atom stereocenters. The molecule has 5 heteroatoms. The van der Waals surface area contributed by atoms with Gasteiger partial charge in [-0.3, -0.25) is 9.79 Å². The van der Waals surface area contributed by atoms with Gasteiger partial charge in [-0.05, 0) is 32.0 Å². The SMILES string of the molecule is CC(=O)Nc1cccc(NC(N)=NC(C)C)c1. The Hall–Kier alpha value is -2.04. The Morgan fingerprint density at radius 1 is 1.29 bits per heavy atom. The first-order valence-corrected chi connectivity index (χ1v) is 5.45.